The first kappa shape index (κ1) is 31.1. The Morgan fingerprint density at radius 3 is 2.42 bits per heavy atom. The molecular formula is C31H43NO3S. The van der Waals surface area contributed by atoms with Crippen molar-refractivity contribution in [3.05, 3.63) is 82.9 Å². The van der Waals surface area contributed by atoms with Gasteiger partial charge in [-0.15, -0.1) is 0 Å². The Hall–Kier alpha value is -2.92. The van der Waals surface area contributed by atoms with Gasteiger partial charge in [0.25, 0.3) is 0 Å². The smallest absolute Gasteiger partial charge is 0.341 e. The van der Waals surface area contributed by atoms with Crippen LogP contribution in [0.4, 0.5) is 0 Å². The van der Waals surface area contributed by atoms with Crippen LogP contribution in [0.3, 0.4) is 0 Å². The molecule has 196 valence electrons. The molecule has 0 radical (unpaired) electrons. The number of carbonyl (C=O) groups is 1. The predicted octanol–water partition coefficient (Wildman–Crippen LogP) is 9.26. The summed E-state index contributed by atoms with van der Waals surface area (Å²) in [5, 5.41) is 10.1. The molecule has 0 atom stereocenters. The van der Waals surface area contributed by atoms with Gasteiger partial charge in [-0.1, -0.05) is 101 Å². The van der Waals surface area contributed by atoms with E-state index in [-0.39, 0.29) is 6.61 Å². The van der Waals surface area contributed by atoms with Crippen molar-refractivity contribution in [2.45, 2.75) is 79.2 Å². The Morgan fingerprint density at radius 2 is 1.78 bits per heavy atom. The molecule has 2 aromatic carbocycles. The molecule has 3 rings (SSSR count). The zero-order valence-corrected chi connectivity index (χ0v) is 23.8. The van der Waals surface area contributed by atoms with E-state index < -0.39 is 5.97 Å². The van der Waals surface area contributed by atoms with E-state index in [9.17, 15) is 4.79 Å². The molecule has 0 aliphatic heterocycles. The minimum absolute atomic E-state index is 0.339. The topological polar surface area (TPSA) is 51.5 Å². The van der Waals surface area contributed by atoms with Crippen molar-refractivity contribution in [3.8, 4) is 5.75 Å². The van der Waals surface area contributed by atoms with Gasteiger partial charge in [0, 0.05) is 28.0 Å². The molecule has 5 heteroatoms. The molecule has 0 saturated carbocycles. The van der Waals surface area contributed by atoms with Gasteiger partial charge >= 0.3 is 5.97 Å². The number of allylic oxidation sites excluding steroid dienone is 4. The second-order valence-corrected chi connectivity index (χ2v) is 9.15. The first-order chi connectivity index (χ1) is 17.4. The third-order valence-corrected chi connectivity index (χ3v) is 6.31. The third kappa shape index (κ3) is 9.62. The SMILES string of the molecule is C/C=C\C/C(=C\CC)Sc1c(C)n(Cc2cccc(OCC(=O)O)c2)c2ccccc12.CC.CCC. The zero-order chi connectivity index (χ0) is 26.9. The highest BCUT2D eigenvalue weighted by molar-refractivity contribution is 8.03. The van der Waals surface area contributed by atoms with Crippen molar-refractivity contribution in [3.63, 3.8) is 0 Å². The Morgan fingerprint density at radius 1 is 1.08 bits per heavy atom. The number of fused-ring (bicyclic) bond motifs is 1. The summed E-state index contributed by atoms with van der Waals surface area (Å²) in [6.45, 7) is 15.0. The predicted molar refractivity (Wildman–Crippen MR) is 156 cm³/mol. The fraction of sp³-hybridized carbons (Fsp3) is 0.387. The van der Waals surface area contributed by atoms with Gasteiger partial charge < -0.3 is 14.4 Å². The summed E-state index contributed by atoms with van der Waals surface area (Å²) < 4.78 is 7.69. The van der Waals surface area contributed by atoms with E-state index in [0.29, 0.717) is 12.3 Å². The molecule has 0 fully saturated rings. The summed E-state index contributed by atoms with van der Waals surface area (Å²) in [6, 6.07) is 16.2. The van der Waals surface area contributed by atoms with Crippen molar-refractivity contribution in [1.29, 1.82) is 0 Å². The van der Waals surface area contributed by atoms with Crippen LogP contribution < -0.4 is 4.74 Å². The maximum atomic E-state index is 10.8. The number of ether oxygens (including phenoxy) is 1. The average molecular weight is 510 g/mol. The molecule has 4 nitrogen and oxygen atoms in total. The lowest BCUT2D eigenvalue weighted by Crippen LogP contribution is -2.09. The molecule has 0 spiro atoms. The molecule has 0 amide bonds. The van der Waals surface area contributed by atoms with Crippen LogP contribution in [-0.4, -0.2) is 22.2 Å². The molecular weight excluding hydrogens is 466 g/mol. The van der Waals surface area contributed by atoms with Gasteiger partial charge in [-0.3, -0.25) is 0 Å². The number of carboxylic acid groups (broad SMARTS) is 1. The number of aliphatic carboxylic acids is 1. The molecule has 0 aliphatic carbocycles. The maximum Gasteiger partial charge on any atom is 0.341 e. The van der Waals surface area contributed by atoms with Crippen LogP contribution in [0.1, 0.15) is 72.1 Å². The first-order valence-electron chi connectivity index (χ1n) is 12.9. The first-order valence-corrected chi connectivity index (χ1v) is 13.8. The second-order valence-electron chi connectivity index (χ2n) is 8.01. The summed E-state index contributed by atoms with van der Waals surface area (Å²) in [6.07, 6.45) is 9.81. The van der Waals surface area contributed by atoms with Crippen LogP contribution in [0, 0.1) is 6.92 Å². The maximum absolute atomic E-state index is 10.8. The lowest BCUT2D eigenvalue weighted by atomic mass is 10.2. The monoisotopic (exact) mass is 509 g/mol. The van der Waals surface area contributed by atoms with E-state index in [2.05, 4.69) is 81.7 Å². The average Bonchev–Trinajstić information content (AvgIpc) is 3.14. The van der Waals surface area contributed by atoms with Crippen molar-refractivity contribution < 1.29 is 14.6 Å². The second kappa shape index (κ2) is 17.5. The minimum atomic E-state index is -0.979. The number of nitrogens with zero attached hydrogens (tertiary/aromatic N) is 1. The molecule has 0 unspecified atom stereocenters. The molecule has 1 N–H and O–H groups in total. The number of thioether (sulfide) groups is 1. The largest absolute Gasteiger partial charge is 0.482 e. The summed E-state index contributed by atoms with van der Waals surface area (Å²) in [5.74, 6) is -0.406. The van der Waals surface area contributed by atoms with Crippen LogP contribution in [0.2, 0.25) is 0 Å². The highest BCUT2D eigenvalue weighted by Gasteiger charge is 2.16. The number of para-hydroxylation sites is 1. The van der Waals surface area contributed by atoms with Crippen molar-refractivity contribution >= 4 is 28.6 Å². The highest BCUT2D eigenvalue weighted by Crippen LogP contribution is 2.39. The molecule has 0 bridgehead atoms. The Balaban J connectivity index is 0.00000120. The Kier molecular flexibility index (Phi) is 15.1. The summed E-state index contributed by atoms with van der Waals surface area (Å²) in [4.78, 5) is 13.4. The van der Waals surface area contributed by atoms with Crippen LogP contribution in [0.5, 0.6) is 5.75 Å². The van der Waals surface area contributed by atoms with Crippen molar-refractivity contribution in [1.82, 2.24) is 4.57 Å². The van der Waals surface area contributed by atoms with Gasteiger partial charge in [-0.05, 0) is 55.4 Å². The van der Waals surface area contributed by atoms with E-state index in [4.69, 9.17) is 9.84 Å². The molecule has 1 aromatic heterocycles. The van der Waals surface area contributed by atoms with E-state index in [1.807, 2.05) is 43.8 Å². The normalized spacial score (nSPS) is 11.0. The summed E-state index contributed by atoms with van der Waals surface area (Å²) >= 11 is 1.85. The number of carboxylic acids is 1. The van der Waals surface area contributed by atoms with Gasteiger partial charge in [0.05, 0.1) is 0 Å². The van der Waals surface area contributed by atoms with Crippen molar-refractivity contribution in [2.24, 2.45) is 0 Å². The molecule has 3 aromatic rings. The van der Waals surface area contributed by atoms with Gasteiger partial charge in [-0.2, -0.15) is 0 Å². The van der Waals surface area contributed by atoms with Gasteiger partial charge in [-0.25, -0.2) is 4.79 Å². The van der Waals surface area contributed by atoms with Crippen molar-refractivity contribution in [2.75, 3.05) is 6.61 Å². The molecule has 0 saturated heterocycles. The lowest BCUT2D eigenvalue weighted by molar-refractivity contribution is -0.139. The van der Waals surface area contributed by atoms with Gasteiger partial charge in [0.1, 0.15) is 5.75 Å². The van der Waals surface area contributed by atoms with Crippen LogP contribution >= 0.6 is 11.8 Å². The number of hydrogen-bond acceptors (Lipinski definition) is 3. The van der Waals surface area contributed by atoms with Crippen LogP contribution in [-0.2, 0) is 11.3 Å². The van der Waals surface area contributed by atoms with E-state index >= 15 is 0 Å². The van der Waals surface area contributed by atoms with E-state index in [1.54, 1.807) is 6.07 Å². The highest BCUT2D eigenvalue weighted by atomic mass is 32.2. The van der Waals surface area contributed by atoms with E-state index in [0.717, 1.165) is 18.4 Å². The van der Waals surface area contributed by atoms with Gasteiger partial charge in [0.15, 0.2) is 6.61 Å². The quantitative estimate of drug-likeness (QED) is 0.218. The fourth-order valence-electron chi connectivity index (χ4n) is 3.55. The standard InChI is InChI=1S/C26H29NO3S.C3H8.C2H6/c1-4-6-13-22(10-5-2)31-26-19(3)27(24-15-8-7-14-23(24)26)17-20-11-9-12-21(16-20)30-18-25(28)29;1-3-2;1-2/h4,6-12,14-16H,5,13,17-18H2,1-3H3,(H,28,29);3H2,1-2H3;1-2H3/b6-4-,22-10+;;. The molecule has 1 heterocycles. The fourth-order valence-corrected chi connectivity index (χ4v) is 4.78. The van der Waals surface area contributed by atoms with E-state index in [1.165, 1.54) is 32.8 Å². The number of rotatable bonds is 10. The minimum Gasteiger partial charge on any atom is -0.482 e. The number of hydrogen-bond donors (Lipinski definition) is 1. The zero-order valence-electron chi connectivity index (χ0n) is 23.0. The Labute approximate surface area is 222 Å². The lowest BCUT2D eigenvalue weighted by Gasteiger charge is -2.11. The number of benzene rings is 2. The Bertz CT molecular complexity index is 1130. The van der Waals surface area contributed by atoms with Crippen LogP contribution in [0.25, 0.3) is 10.9 Å². The van der Waals surface area contributed by atoms with Gasteiger partial charge in [0.2, 0.25) is 0 Å². The molecule has 0 aliphatic rings. The van der Waals surface area contributed by atoms with Crippen LogP contribution in [0.15, 0.2) is 76.6 Å². The third-order valence-electron chi connectivity index (χ3n) is 4.99. The summed E-state index contributed by atoms with van der Waals surface area (Å²) in [7, 11) is 0. The molecule has 36 heavy (non-hydrogen) atoms. The number of aromatic nitrogens is 1. The summed E-state index contributed by atoms with van der Waals surface area (Å²) in [5.41, 5.74) is 3.49.